The maximum atomic E-state index is 12.4. The first-order chi connectivity index (χ1) is 11.3. The molecule has 128 valence electrons. The normalized spacial score (nSPS) is 11.5. The Morgan fingerprint density at radius 1 is 1.12 bits per heavy atom. The molecule has 1 amide bonds. The lowest BCUT2D eigenvalue weighted by Crippen LogP contribution is -2.31. The summed E-state index contributed by atoms with van der Waals surface area (Å²) in [6, 6.07) is 12.3. The molecule has 2 aromatic carbocycles. The molecule has 2 N–H and O–H groups in total. The third-order valence-electron chi connectivity index (χ3n) is 3.34. The van der Waals surface area contributed by atoms with Crippen LogP contribution in [0.1, 0.15) is 10.4 Å². The predicted molar refractivity (Wildman–Crippen MR) is 91.7 cm³/mol. The molecule has 0 heterocycles. The van der Waals surface area contributed by atoms with Gasteiger partial charge in [-0.15, -0.1) is 0 Å². The highest BCUT2D eigenvalue weighted by Gasteiger charge is 2.20. The number of hydrogen-bond acceptors (Lipinski definition) is 4. The summed E-state index contributed by atoms with van der Waals surface area (Å²) >= 11 is 5.78. The monoisotopic (exact) mass is 368 g/mol. The van der Waals surface area contributed by atoms with E-state index in [1.807, 2.05) is 0 Å². The zero-order valence-electron chi connectivity index (χ0n) is 13.0. The van der Waals surface area contributed by atoms with Crippen LogP contribution in [-0.2, 0) is 10.0 Å². The Bertz CT molecular complexity index is 805. The highest BCUT2D eigenvalue weighted by molar-refractivity contribution is 7.89. The number of carbonyl (C=O) groups is 1. The molecule has 0 unspecified atom stereocenters. The quantitative estimate of drug-likeness (QED) is 0.810. The van der Waals surface area contributed by atoms with E-state index in [1.165, 1.54) is 35.6 Å². The fraction of sp³-hybridized carbons (Fsp3) is 0.188. The number of hydrogen-bond donors (Lipinski definition) is 1. The number of rotatable bonds is 7. The highest BCUT2D eigenvalue weighted by atomic mass is 35.5. The first-order valence-corrected chi connectivity index (χ1v) is 8.87. The SMILES string of the molecule is CN(CCOc1ccc(Cl)cc1)S(=O)(=O)c1ccc(C(N)=O)cc1. The average Bonchev–Trinajstić information content (AvgIpc) is 2.56. The van der Waals surface area contributed by atoms with Gasteiger partial charge in [-0.1, -0.05) is 11.6 Å². The van der Waals surface area contributed by atoms with Gasteiger partial charge in [0.1, 0.15) is 12.4 Å². The molecule has 0 atom stereocenters. The van der Waals surface area contributed by atoms with Gasteiger partial charge in [0.25, 0.3) is 0 Å². The van der Waals surface area contributed by atoms with Gasteiger partial charge in [0, 0.05) is 24.2 Å². The van der Waals surface area contributed by atoms with Crippen LogP contribution >= 0.6 is 11.6 Å². The third-order valence-corrected chi connectivity index (χ3v) is 5.46. The van der Waals surface area contributed by atoms with Crippen molar-refractivity contribution in [1.82, 2.24) is 4.31 Å². The van der Waals surface area contributed by atoms with Crippen LogP contribution in [0.4, 0.5) is 0 Å². The summed E-state index contributed by atoms with van der Waals surface area (Å²) in [6.45, 7) is 0.360. The summed E-state index contributed by atoms with van der Waals surface area (Å²) in [7, 11) is -2.20. The molecule has 6 nitrogen and oxygen atoms in total. The summed E-state index contributed by atoms with van der Waals surface area (Å²) in [5.41, 5.74) is 5.39. The maximum absolute atomic E-state index is 12.4. The van der Waals surface area contributed by atoms with E-state index in [1.54, 1.807) is 24.3 Å². The number of nitrogens with zero attached hydrogens (tertiary/aromatic N) is 1. The Balaban J connectivity index is 1.98. The molecule has 0 aliphatic heterocycles. The van der Waals surface area contributed by atoms with Gasteiger partial charge in [-0.2, -0.15) is 4.31 Å². The van der Waals surface area contributed by atoms with Gasteiger partial charge in [-0.05, 0) is 48.5 Å². The summed E-state index contributed by atoms with van der Waals surface area (Å²) in [5.74, 6) is -0.000300. The van der Waals surface area contributed by atoms with E-state index >= 15 is 0 Å². The molecule has 2 rings (SSSR count). The number of ether oxygens (including phenoxy) is 1. The van der Waals surface area contributed by atoms with Gasteiger partial charge < -0.3 is 10.5 Å². The number of sulfonamides is 1. The second-order valence-corrected chi connectivity index (χ2v) is 7.50. The Morgan fingerprint density at radius 2 is 1.71 bits per heavy atom. The largest absolute Gasteiger partial charge is 0.492 e. The minimum absolute atomic E-state index is 0.0847. The van der Waals surface area contributed by atoms with Crippen molar-refractivity contribution in [3.8, 4) is 5.75 Å². The minimum Gasteiger partial charge on any atom is -0.492 e. The minimum atomic E-state index is -3.66. The fourth-order valence-corrected chi connectivity index (χ4v) is 3.19. The van der Waals surface area contributed by atoms with E-state index in [-0.39, 0.29) is 23.6 Å². The molecule has 0 radical (unpaired) electrons. The lowest BCUT2D eigenvalue weighted by Gasteiger charge is -2.17. The lowest BCUT2D eigenvalue weighted by molar-refractivity contribution is 0.1000. The first-order valence-electron chi connectivity index (χ1n) is 7.05. The molecular formula is C16H17ClN2O4S. The second kappa shape index (κ2) is 7.65. The number of carbonyl (C=O) groups excluding carboxylic acids is 1. The van der Waals surface area contributed by atoms with Crippen molar-refractivity contribution in [2.45, 2.75) is 4.90 Å². The van der Waals surface area contributed by atoms with Gasteiger partial charge >= 0.3 is 0 Å². The number of halogens is 1. The van der Waals surface area contributed by atoms with E-state index in [9.17, 15) is 13.2 Å². The van der Waals surface area contributed by atoms with Crippen LogP contribution in [0.3, 0.4) is 0 Å². The van der Waals surface area contributed by atoms with Crippen molar-refractivity contribution in [3.05, 3.63) is 59.1 Å². The fourth-order valence-electron chi connectivity index (χ4n) is 1.91. The van der Waals surface area contributed by atoms with E-state index < -0.39 is 15.9 Å². The van der Waals surface area contributed by atoms with E-state index in [2.05, 4.69) is 0 Å². The molecule has 24 heavy (non-hydrogen) atoms. The van der Waals surface area contributed by atoms with Gasteiger partial charge in [0.2, 0.25) is 15.9 Å². The third kappa shape index (κ3) is 4.47. The number of benzene rings is 2. The molecule has 8 heteroatoms. The maximum Gasteiger partial charge on any atom is 0.248 e. The molecule has 0 saturated carbocycles. The van der Waals surface area contributed by atoms with E-state index in [0.29, 0.717) is 10.8 Å². The first kappa shape index (κ1) is 18.3. The standard InChI is InChI=1S/C16H17ClN2O4S/c1-19(10-11-23-14-6-4-13(17)5-7-14)24(21,22)15-8-2-12(3-9-15)16(18)20/h2-9H,10-11H2,1H3,(H2,18,20). The number of primary amides is 1. The van der Waals surface area contributed by atoms with Crippen LogP contribution in [0.25, 0.3) is 0 Å². The molecule has 0 aliphatic carbocycles. The lowest BCUT2D eigenvalue weighted by atomic mass is 10.2. The molecule has 0 aromatic heterocycles. The summed E-state index contributed by atoms with van der Waals surface area (Å²) in [5, 5.41) is 0.599. The molecule has 0 saturated heterocycles. The van der Waals surface area contributed by atoms with Crippen LogP contribution in [-0.4, -0.2) is 38.8 Å². The van der Waals surface area contributed by atoms with Gasteiger partial charge in [-0.3, -0.25) is 4.79 Å². The molecule has 2 aromatic rings. The van der Waals surface area contributed by atoms with Crippen LogP contribution in [0, 0.1) is 0 Å². The summed E-state index contributed by atoms with van der Waals surface area (Å²) in [4.78, 5) is 11.1. The number of nitrogens with two attached hydrogens (primary N) is 1. The van der Waals surface area contributed by atoms with Crippen molar-refractivity contribution in [2.75, 3.05) is 20.2 Å². The Kier molecular flexibility index (Phi) is 5.82. The van der Waals surface area contributed by atoms with Gasteiger partial charge in [-0.25, -0.2) is 8.42 Å². The van der Waals surface area contributed by atoms with Crippen molar-refractivity contribution in [3.63, 3.8) is 0 Å². The van der Waals surface area contributed by atoms with Crippen LogP contribution in [0.15, 0.2) is 53.4 Å². The molecule has 0 fully saturated rings. The Morgan fingerprint density at radius 3 is 2.25 bits per heavy atom. The molecular weight excluding hydrogens is 352 g/mol. The van der Waals surface area contributed by atoms with Gasteiger partial charge in [0.15, 0.2) is 0 Å². The van der Waals surface area contributed by atoms with Crippen LogP contribution < -0.4 is 10.5 Å². The average molecular weight is 369 g/mol. The van der Waals surface area contributed by atoms with Crippen molar-refractivity contribution in [1.29, 1.82) is 0 Å². The smallest absolute Gasteiger partial charge is 0.248 e. The zero-order valence-corrected chi connectivity index (χ0v) is 14.5. The Labute approximate surface area is 145 Å². The summed E-state index contributed by atoms with van der Waals surface area (Å²) < 4.78 is 31.5. The predicted octanol–water partition coefficient (Wildman–Crippen LogP) is 2.14. The van der Waals surface area contributed by atoms with E-state index in [4.69, 9.17) is 22.1 Å². The van der Waals surface area contributed by atoms with Crippen LogP contribution in [0.5, 0.6) is 5.75 Å². The van der Waals surface area contributed by atoms with Crippen molar-refractivity contribution in [2.24, 2.45) is 5.73 Å². The molecule has 0 aliphatic rings. The number of amides is 1. The Hall–Kier alpha value is -2.09. The second-order valence-electron chi connectivity index (χ2n) is 5.02. The zero-order chi connectivity index (χ0) is 17.7. The van der Waals surface area contributed by atoms with Crippen molar-refractivity contribution >= 4 is 27.5 Å². The van der Waals surface area contributed by atoms with Gasteiger partial charge in [0.05, 0.1) is 4.90 Å². The number of likely N-dealkylation sites (N-methyl/N-ethyl adjacent to an activating group) is 1. The molecule has 0 spiro atoms. The highest BCUT2D eigenvalue weighted by Crippen LogP contribution is 2.17. The topological polar surface area (TPSA) is 89.7 Å². The summed E-state index contributed by atoms with van der Waals surface area (Å²) in [6.07, 6.45) is 0. The van der Waals surface area contributed by atoms with Crippen molar-refractivity contribution < 1.29 is 17.9 Å². The van der Waals surface area contributed by atoms with E-state index in [0.717, 1.165) is 0 Å². The van der Waals surface area contributed by atoms with Crippen LogP contribution in [0.2, 0.25) is 5.02 Å². The molecule has 0 bridgehead atoms.